The average Bonchev–Trinajstić information content (AvgIpc) is 3.02. The van der Waals surface area contributed by atoms with Crippen LogP contribution < -0.4 is 5.32 Å². The molecule has 0 aromatic heterocycles. The van der Waals surface area contributed by atoms with Gasteiger partial charge in [0, 0.05) is 19.0 Å². The molecule has 92 valence electrons. The van der Waals surface area contributed by atoms with Gasteiger partial charge in [-0.2, -0.15) is 0 Å². The topological polar surface area (TPSA) is 69.6 Å². The highest BCUT2D eigenvalue weighted by molar-refractivity contribution is 5.78. The molecule has 1 rings (SSSR count). The fourth-order valence-corrected chi connectivity index (χ4v) is 1.69. The predicted octanol–water partition coefficient (Wildman–Crippen LogP) is 0.452. The lowest BCUT2D eigenvalue weighted by molar-refractivity contribution is -0.137. The third-order valence-electron chi connectivity index (χ3n) is 2.67. The van der Waals surface area contributed by atoms with Gasteiger partial charge in [0.2, 0.25) is 5.91 Å². The van der Waals surface area contributed by atoms with Crippen LogP contribution >= 0.6 is 0 Å². The van der Waals surface area contributed by atoms with E-state index in [0.717, 1.165) is 19.4 Å². The van der Waals surface area contributed by atoms with Gasteiger partial charge < -0.3 is 15.3 Å². The van der Waals surface area contributed by atoms with Crippen LogP contribution in [0.1, 0.15) is 32.6 Å². The fraction of sp³-hybridized carbons (Fsp3) is 0.818. The van der Waals surface area contributed by atoms with Crippen molar-refractivity contribution in [1.82, 2.24) is 10.2 Å². The van der Waals surface area contributed by atoms with Gasteiger partial charge in [-0.05, 0) is 32.7 Å². The number of carboxylic acids is 1. The first-order chi connectivity index (χ1) is 7.65. The van der Waals surface area contributed by atoms with Crippen molar-refractivity contribution in [3.05, 3.63) is 0 Å². The summed E-state index contributed by atoms with van der Waals surface area (Å²) < 4.78 is 0. The molecule has 0 aromatic carbocycles. The second kappa shape index (κ2) is 6.48. The number of carbonyl (C=O) groups excluding carboxylic acids is 1. The molecule has 1 amide bonds. The Kier molecular flexibility index (Phi) is 5.25. The molecule has 2 N–H and O–H groups in total. The molecule has 1 aliphatic carbocycles. The highest BCUT2D eigenvalue weighted by Gasteiger charge is 2.30. The lowest BCUT2D eigenvalue weighted by atomic mass is 10.3. The lowest BCUT2D eigenvalue weighted by Crippen LogP contribution is -2.39. The number of likely N-dealkylation sites (N-methyl/N-ethyl adjacent to an activating group) is 1. The van der Waals surface area contributed by atoms with Gasteiger partial charge in [-0.1, -0.05) is 0 Å². The van der Waals surface area contributed by atoms with Crippen molar-refractivity contribution < 1.29 is 14.7 Å². The molecule has 0 unspecified atom stereocenters. The standard InChI is InChI=1S/C11H20N2O3/c1-2-13(9-5-6-9)10(14)8-12-7-3-4-11(15)16/h9,12H,2-8H2,1H3,(H,15,16). The second-order valence-corrected chi connectivity index (χ2v) is 4.08. The third-order valence-corrected chi connectivity index (χ3v) is 2.67. The second-order valence-electron chi connectivity index (χ2n) is 4.08. The van der Waals surface area contributed by atoms with Crippen LogP contribution in [0.5, 0.6) is 0 Å². The van der Waals surface area contributed by atoms with Crippen LogP contribution in [0.3, 0.4) is 0 Å². The van der Waals surface area contributed by atoms with Crippen LogP contribution in [0.4, 0.5) is 0 Å². The summed E-state index contributed by atoms with van der Waals surface area (Å²) in [5, 5.41) is 11.4. The summed E-state index contributed by atoms with van der Waals surface area (Å²) in [4.78, 5) is 23.8. The summed E-state index contributed by atoms with van der Waals surface area (Å²) in [7, 11) is 0. The minimum absolute atomic E-state index is 0.125. The van der Waals surface area contributed by atoms with Gasteiger partial charge in [-0.3, -0.25) is 9.59 Å². The quantitative estimate of drug-likeness (QED) is 0.592. The molecule has 5 nitrogen and oxygen atoms in total. The first-order valence-electron chi connectivity index (χ1n) is 5.87. The Morgan fingerprint density at radius 1 is 1.44 bits per heavy atom. The average molecular weight is 228 g/mol. The Labute approximate surface area is 95.8 Å². The SMILES string of the molecule is CCN(C(=O)CNCCCC(=O)O)C1CC1. The molecule has 5 heteroatoms. The zero-order chi connectivity index (χ0) is 12.0. The first kappa shape index (κ1) is 13.0. The van der Waals surface area contributed by atoms with E-state index >= 15 is 0 Å². The maximum Gasteiger partial charge on any atom is 0.303 e. The maximum absolute atomic E-state index is 11.7. The molecule has 1 fully saturated rings. The number of nitrogens with zero attached hydrogens (tertiary/aromatic N) is 1. The maximum atomic E-state index is 11.7. The van der Waals surface area contributed by atoms with E-state index in [1.807, 2.05) is 11.8 Å². The number of carbonyl (C=O) groups is 2. The molecule has 0 aliphatic heterocycles. The molecule has 0 heterocycles. The normalized spacial score (nSPS) is 14.8. The van der Waals surface area contributed by atoms with Crippen LogP contribution in [0.25, 0.3) is 0 Å². The van der Waals surface area contributed by atoms with Crippen molar-refractivity contribution in [2.24, 2.45) is 0 Å². The molecular weight excluding hydrogens is 208 g/mol. The molecule has 0 aromatic rings. The zero-order valence-corrected chi connectivity index (χ0v) is 9.74. The molecule has 1 saturated carbocycles. The summed E-state index contributed by atoms with van der Waals surface area (Å²) in [5.74, 6) is -0.665. The number of amides is 1. The summed E-state index contributed by atoms with van der Waals surface area (Å²) in [6, 6.07) is 0.457. The van der Waals surface area contributed by atoms with Crippen LogP contribution in [-0.2, 0) is 9.59 Å². The largest absolute Gasteiger partial charge is 0.481 e. The van der Waals surface area contributed by atoms with Crippen molar-refractivity contribution in [2.45, 2.75) is 38.6 Å². The number of nitrogens with one attached hydrogen (secondary N) is 1. The molecule has 0 atom stereocenters. The highest BCUT2D eigenvalue weighted by Crippen LogP contribution is 2.26. The van der Waals surface area contributed by atoms with E-state index in [1.165, 1.54) is 0 Å². The molecule has 0 bridgehead atoms. The summed E-state index contributed by atoms with van der Waals surface area (Å²) >= 11 is 0. The van der Waals surface area contributed by atoms with E-state index in [-0.39, 0.29) is 12.3 Å². The van der Waals surface area contributed by atoms with Crippen LogP contribution in [-0.4, -0.2) is 47.6 Å². The lowest BCUT2D eigenvalue weighted by Gasteiger charge is -2.20. The van der Waals surface area contributed by atoms with Crippen molar-refractivity contribution in [1.29, 1.82) is 0 Å². The molecule has 1 aliphatic rings. The zero-order valence-electron chi connectivity index (χ0n) is 9.74. The van der Waals surface area contributed by atoms with Gasteiger partial charge in [0.15, 0.2) is 0 Å². The van der Waals surface area contributed by atoms with Gasteiger partial charge in [0.1, 0.15) is 0 Å². The highest BCUT2D eigenvalue weighted by atomic mass is 16.4. The molecular formula is C11H20N2O3. The van der Waals surface area contributed by atoms with Gasteiger partial charge >= 0.3 is 5.97 Å². The van der Waals surface area contributed by atoms with Crippen LogP contribution in [0, 0.1) is 0 Å². The summed E-state index contributed by atoms with van der Waals surface area (Å²) in [6.45, 7) is 3.66. The number of rotatable bonds is 8. The van der Waals surface area contributed by atoms with Crippen LogP contribution in [0.2, 0.25) is 0 Å². The summed E-state index contributed by atoms with van der Waals surface area (Å²) in [6.07, 6.45) is 2.97. The van der Waals surface area contributed by atoms with Crippen molar-refractivity contribution in [3.63, 3.8) is 0 Å². The third kappa shape index (κ3) is 4.61. The summed E-state index contributed by atoms with van der Waals surface area (Å²) in [5.41, 5.74) is 0. The monoisotopic (exact) mass is 228 g/mol. The van der Waals surface area contributed by atoms with Crippen LogP contribution in [0.15, 0.2) is 0 Å². The van der Waals surface area contributed by atoms with Crippen molar-refractivity contribution in [3.8, 4) is 0 Å². The first-order valence-corrected chi connectivity index (χ1v) is 5.87. The van der Waals surface area contributed by atoms with E-state index in [4.69, 9.17) is 5.11 Å². The Morgan fingerprint density at radius 2 is 2.12 bits per heavy atom. The van der Waals surface area contributed by atoms with E-state index in [2.05, 4.69) is 5.32 Å². The van der Waals surface area contributed by atoms with E-state index in [9.17, 15) is 9.59 Å². The molecule has 0 spiro atoms. The van der Waals surface area contributed by atoms with E-state index < -0.39 is 5.97 Å². The van der Waals surface area contributed by atoms with E-state index in [1.54, 1.807) is 0 Å². The van der Waals surface area contributed by atoms with Gasteiger partial charge in [0.25, 0.3) is 0 Å². The Balaban J connectivity index is 2.07. The number of aliphatic carboxylic acids is 1. The smallest absolute Gasteiger partial charge is 0.303 e. The Morgan fingerprint density at radius 3 is 2.62 bits per heavy atom. The van der Waals surface area contributed by atoms with Gasteiger partial charge in [-0.15, -0.1) is 0 Å². The van der Waals surface area contributed by atoms with Crippen molar-refractivity contribution >= 4 is 11.9 Å². The minimum Gasteiger partial charge on any atom is -0.481 e. The predicted molar refractivity (Wildman–Crippen MR) is 60.1 cm³/mol. The number of hydrogen-bond donors (Lipinski definition) is 2. The number of carboxylic acid groups (broad SMARTS) is 1. The molecule has 0 saturated heterocycles. The fourth-order valence-electron chi connectivity index (χ4n) is 1.69. The Bertz CT molecular complexity index is 252. The van der Waals surface area contributed by atoms with Gasteiger partial charge in [0.05, 0.1) is 6.54 Å². The molecule has 0 radical (unpaired) electrons. The van der Waals surface area contributed by atoms with Gasteiger partial charge in [-0.25, -0.2) is 0 Å². The molecule has 16 heavy (non-hydrogen) atoms. The van der Waals surface area contributed by atoms with E-state index in [0.29, 0.717) is 25.6 Å². The Hall–Kier alpha value is -1.10. The number of hydrogen-bond acceptors (Lipinski definition) is 3. The van der Waals surface area contributed by atoms with Crippen molar-refractivity contribution in [2.75, 3.05) is 19.6 Å². The minimum atomic E-state index is -0.790.